The van der Waals surface area contributed by atoms with Gasteiger partial charge in [0, 0.05) is 10.7 Å². The van der Waals surface area contributed by atoms with Gasteiger partial charge in [-0.15, -0.1) is 13.2 Å². The van der Waals surface area contributed by atoms with E-state index in [0.29, 0.717) is 0 Å². The number of alkyl halides is 3. The van der Waals surface area contributed by atoms with Gasteiger partial charge in [-0.1, -0.05) is 0 Å². The van der Waals surface area contributed by atoms with Crippen molar-refractivity contribution in [2.75, 3.05) is 7.11 Å². The molecule has 5 nitrogen and oxygen atoms in total. The van der Waals surface area contributed by atoms with Gasteiger partial charge in [0.1, 0.15) is 4.90 Å². The zero-order chi connectivity index (χ0) is 14.1. The van der Waals surface area contributed by atoms with Crippen molar-refractivity contribution < 1.29 is 31.1 Å². The lowest BCUT2D eigenvalue weighted by molar-refractivity contribution is -0.276. The van der Waals surface area contributed by atoms with Crippen LogP contribution < -0.4 is 9.47 Å². The molecule has 102 valence electrons. The van der Waals surface area contributed by atoms with Crippen LogP contribution in [0.3, 0.4) is 0 Å². The Labute approximate surface area is 105 Å². The van der Waals surface area contributed by atoms with Crippen molar-refractivity contribution in [3.05, 3.63) is 11.9 Å². The largest absolute Gasteiger partial charge is 0.573 e. The molecule has 1 aromatic heterocycles. The first-order valence-corrected chi connectivity index (χ1v) is 6.61. The quantitative estimate of drug-likeness (QED) is 0.801. The van der Waals surface area contributed by atoms with E-state index in [1.807, 2.05) is 0 Å². The average Bonchev–Trinajstić information content (AvgIpc) is 2.13. The summed E-state index contributed by atoms with van der Waals surface area (Å²) in [6.45, 7) is 1.18. The molecule has 1 heterocycles. The van der Waals surface area contributed by atoms with Gasteiger partial charge in [0.05, 0.1) is 19.0 Å². The fourth-order valence-corrected chi connectivity index (χ4v) is 2.51. The maximum Gasteiger partial charge on any atom is 0.573 e. The SMILES string of the molecule is COc1cnc(C)c(S(=O)(=O)Cl)c1OC(F)(F)F. The van der Waals surface area contributed by atoms with Crippen LogP contribution in [0.2, 0.25) is 0 Å². The molecule has 0 radical (unpaired) electrons. The Morgan fingerprint density at radius 2 is 1.94 bits per heavy atom. The van der Waals surface area contributed by atoms with Crippen LogP contribution in [0.5, 0.6) is 11.5 Å². The van der Waals surface area contributed by atoms with Crippen molar-refractivity contribution in [1.82, 2.24) is 4.98 Å². The summed E-state index contributed by atoms with van der Waals surface area (Å²) < 4.78 is 67.4. The van der Waals surface area contributed by atoms with Crippen molar-refractivity contribution in [1.29, 1.82) is 0 Å². The molecule has 0 bridgehead atoms. The number of methoxy groups -OCH3 is 1. The van der Waals surface area contributed by atoms with E-state index < -0.39 is 31.8 Å². The molecule has 1 aromatic rings. The first-order valence-electron chi connectivity index (χ1n) is 4.30. The van der Waals surface area contributed by atoms with E-state index in [-0.39, 0.29) is 5.69 Å². The highest BCUT2D eigenvalue weighted by Crippen LogP contribution is 2.40. The topological polar surface area (TPSA) is 65.5 Å². The van der Waals surface area contributed by atoms with Gasteiger partial charge in [-0.2, -0.15) is 0 Å². The predicted molar refractivity (Wildman–Crippen MR) is 55.2 cm³/mol. The monoisotopic (exact) mass is 305 g/mol. The third-order valence-corrected chi connectivity index (χ3v) is 3.25. The molecule has 0 spiro atoms. The third kappa shape index (κ3) is 3.39. The minimum Gasteiger partial charge on any atom is -0.491 e. The number of rotatable bonds is 3. The molecular weight excluding hydrogens is 299 g/mol. The molecule has 0 aromatic carbocycles. The van der Waals surface area contributed by atoms with Gasteiger partial charge in [0.25, 0.3) is 9.05 Å². The Bertz CT molecular complexity index is 558. The summed E-state index contributed by atoms with van der Waals surface area (Å²) >= 11 is 0. The van der Waals surface area contributed by atoms with Crippen LogP contribution in [0.25, 0.3) is 0 Å². The molecule has 0 unspecified atom stereocenters. The minimum absolute atomic E-state index is 0.231. The van der Waals surface area contributed by atoms with Crippen molar-refractivity contribution in [3.63, 3.8) is 0 Å². The number of nitrogens with zero attached hydrogens (tertiary/aromatic N) is 1. The zero-order valence-electron chi connectivity index (χ0n) is 9.08. The summed E-state index contributed by atoms with van der Waals surface area (Å²) in [6, 6.07) is 0. The van der Waals surface area contributed by atoms with E-state index in [2.05, 4.69) is 14.5 Å². The highest BCUT2D eigenvalue weighted by Gasteiger charge is 2.37. The second kappa shape index (κ2) is 4.81. The van der Waals surface area contributed by atoms with Crippen molar-refractivity contribution in [3.8, 4) is 11.5 Å². The lowest BCUT2D eigenvalue weighted by atomic mass is 10.3. The first kappa shape index (κ1) is 14.8. The summed E-state index contributed by atoms with van der Waals surface area (Å²) in [6.07, 6.45) is -4.18. The number of hydrogen-bond acceptors (Lipinski definition) is 5. The Balaban J connectivity index is 3.57. The standard InChI is InChI=1S/C8H7ClF3NO4S/c1-4-7(18(9,14)15)6(17-8(10,11)12)5(16-2)3-13-4/h3H,1-2H3. The molecule has 0 saturated heterocycles. The minimum atomic E-state index is -5.09. The average molecular weight is 306 g/mol. The highest BCUT2D eigenvalue weighted by atomic mass is 35.7. The van der Waals surface area contributed by atoms with Crippen molar-refractivity contribution in [2.24, 2.45) is 0 Å². The normalized spacial score (nSPS) is 12.3. The number of pyridine rings is 1. The van der Waals surface area contributed by atoms with Crippen molar-refractivity contribution >= 4 is 19.7 Å². The first-order chi connectivity index (χ1) is 8.06. The zero-order valence-corrected chi connectivity index (χ0v) is 10.7. The number of aromatic nitrogens is 1. The Hall–Kier alpha value is -1.22. The van der Waals surface area contributed by atoms with Gasteiger partial charge in [0.2, 0.25) is 0 Å². The summed E-state index contributed by atoms with van der Waals surface area (Å²) in [5.41, 5.74) is -0.231. The molecule has 0 atom stereocenters. The molecule has 1 rings (SSSR count). The molecule has 0 N–H and O–H groups in total. The van der Waals surface area contributed by atoms with E-state index in [1.54, 1.807) is 0 Å². The number of hydrogen-bond donors (Lipinski definition) is 0. The van der Waals surface area contributed by atoms with Crippen LogP contribution in [0, 0.1) is 6.92 Å². The number of aryl methyl sites for hydroxylation is 1. The van der Waals surface area contributed by atoms with Crippen LogP contribution in [0.15, 0.2) is 11.1 Å². The van der Waals surface area contributed by atoms with E-state index in [4.69, 9.17) is 10.7 Å². The van der Waals surface area contributed by atoms with Crippen LogP contribution in [-0.4, -0.2) is 26.9 Å². The summed E-state index contributed by atoms with van der Waals surface area (Å²) in [4.78, 5) is 2.70. The predicted octanol–water partition coefficient (Wildman–Crippen LogP) is 2.22. The van der Waals surface area contributed by atoms with Gasteiger partial charge >= 0.3 is 6.36 Å². The maximum absolute atomic E-state index is 12.2. The molecule has 10 heteroatoms. The highest BCUT2D eigenvalue weighted by molar-refractivity contribution is 8.13. The Kier molecular flexibility index (Phi) is 3.96. The third-order valence-electron chi connectivity index (χ3n) is 1.82. The Morgan fingerprint density at radius 1 is 1.39 bits per heavy atom. The van der Waals surface area contributed by atoms with Gasteiger partial charge < -0.3 is 9.47 Å². The fourth-order valence-electron chi connectivity index (χ4n) is 1.19. The second-order valence-electron chi connectivity index (χ2n) is 3.06. The van der Waals surface area contributed by atoms with Gasteiger partial charge in [-0.3, -0.25) is 4.98 Å². The number of ether oxygens (including phenoxy) is 2. The molecule has 0 aliphatic carbocycles. The van der Waals surface area contributed by atoms with Crippen LogP contribution in [0.4, 0.5) is 13.2 Å². The van der Waals surface area contributed by atoms with Gasteiger partial charge in [-0.25, -0.2) is 8.42 Å². The smallest absolute Gasteiger partial charge is 0.491 e. The lowest BCUT2D eigenvalue weighted by Gasteiger charge is -2.15. The van der Waals surface area contributed by atoms with Crippen LogP contribution in [-0.2, 0) is 9.05 Å². The van der Waals surface area contributed by atoms with Gasteiger partial charge in [-0.05, 0) is 6.92 Å². The number of halogens is 4. The molecular formula is C8H7ClF3NO4S. The molecule has 0 aliphatic rings. The fraction of sp³-hybridized carbons (Fsp3) is 0.375. The van der Waals surface area contributed by atoms with Gasteiger partial charge in [0.15, 0.2) is 11.5 Å². The van der Waals surface area contributed by atoms with E-state index in [0.717, 1.165) is 13.3 Å². The maximum atomic E-state index is 12.2. The van der Waals surface area contributed by atoms with Crippen molar-refractivity contribution in [2.45, 2.75) is 18.2 Å². The summed E-state index contributed by atoms with van der Waals surface area (Å²) in [7, 11) is 1.63. The molecule has 0 amide bonds. The summed E-state index contributed by atoms with van der Waals surface area (Å²) in [5, 5.41) is 0. The summed E-state index contributed by atoms with van der Waals surface area (Å²) in [5.74, 6) is -1.52. The van der Waals surface area contributed by atoms with Crippen LogP contribution >= 0.6 is 10.7 Å². The van der Waals surface area contributed by atoms with E-state index in [9.17, 15) is 21.6 Å². The lowest BCUT2D eigenvalue weighted by Crippen LogP contribution is -2.19. The molecule has 18 heavy (non-hydrogen) atoms. The molecule has 0 aliphatic heterocycles. The van der Waals surface area contributed by atoms with E-state index >= 15 is 0 Å². The Morgan fingerprint density at radius 3 is 2.33 bits per heavy atom. The van der Waals surface area contributed by atoms with Crippen LogP contribution in [0.1, 0.15) is 5.69 Å². The van der Waals surface area contributed by atoms with E-state index in [1.165, 1.54) is 6.92 Å². The molecule has 0 fully saturated rings. The molecule has 0 saturated carbocycles. The second-order valence-corrected chi connectivity index (χ2v) is 5.56.